The zero-order valence-corrected chi connectivity index (χ0v) is 31.0. The van der Waals surface area contributed by atoms with Crippen LogP contribution in [0.5, 0.6) is 0 Å². The number of nitrogens with one attached hydrogen (secondary N) is 1. The molecule has 0 aliphatic heterocycles. The molecule has 0 aromatic rings. The summed E-state index contributed by atoms with van der Waals surface area (Å²) in [6, 6.07) is -0.876. The molecule has 0 fully saturated rings. The topological polar surface area (TPSA) is 108 Å². The van der Waals surface area contributed by atoms with E-state index < -0.39 is 20.0 Å². The van der Waals surface area contributed by atoms with Gasteiger partial charge in [0.1, 0.15) is 13.2 Å². The summed E-state index contributed by atoms with van der Waals surface area (Å²) >= 11 is 0. The van der Waals surface area contributed by atoms with Gasteiger partial charge in [-0.3, -0.25) is 9.36 Å². The Balaban J connectivity index is 4.51. The quantitative estimate of drug-likeness (QED) is 0.0316. The van der Waals surface area contributed by atoms with Gasteiger partial charge in [0, 0.05) is 6.42 Å². The van der Waals surface area contributed by atoms with Gasteiger partial charge in [-0.1, -0.05) is 148 Å². The minimum absolute atomic E-state index is 0.00132. The van der Waals surface area contributed by atoms with Crippen molar-refractivity contribution in [3.63, 3.8) is 0 Å². The van der Waals surface area contributed by atoms with Gasteiger partial charge >= 0.3 is 0 Å². The van der Waals surface area contributed by atoms with Gasteiger partial charge < -0.3 is 28.8 Å². The predicted molar refractivity (Wildman–Crippen MR) is 187 cm³/mol. The average molecular weight is 661 g/mol. The first-order valence-corrected chi connectivity index (χ1v) is 20.0. The van der Waals surface area contributed by atoms with E-state index in [4.69, 9.17) is 9.05 Å². The highest BCUT2D eigenvalue weighted by molar-refractivity contribution is 7.45. The first kappa shape index (κ1) is 44.2. The van der Waals surface area contributed by atoms with Crippen LogP contribution in [0.3, 0.4) is 0 Å². The molecule has 0 saturated heterocycles. The second-order valence-electron chi connectivity index (χ2n) is 13.9. The van der Waals surface area contributed by atoms with Gasteiger partial charge in [0.2, 0.25) is 5.91 Å². The molecule has 268 valence electrons. The van der Waals surface area contributed by atoms with Gasteiger partial charge in [-0.2, -0.15) is 0 Å². The number of aliphatic hydroxyl groups is 1. The van der Waals surface area contributed by atoms with Crippen LogP contribution < -0.4 is 10.2 Å². The van der Waals surface area contributed by atoms with E-state index >= 15 is 0 Å². The first-order valence-electron chi connectivity index (χ1n) is 18.6. The van der Waals surface area contributed by atoms with E-state index in [0.717, 1.165) is 38.5 Å². The molecule has 2 N–H and O–H groups in total. The standard InChI is InChI=1S/C36H73N2O6P/c1-6-8-10-12-14-16-17-18-19-20-21-22-23-25-27-29-35(39)34(33-44-45(41,42)43-32-31-38(3,4)5)37-36(40)30-28-26-24-15-13-11-9-7-2/h27,29,34-35,39H,6-26,28,30-33H2,1-5H3,(H-,37,40,41,42)/b29-27+/t34-,35+/m0/s1. The van der Waals surface area contributed by atoms with E-state index in [1.807, 2.05) is 27.2 Å². The highest BCUT2D eigenvalue weighted by Crippen LogP contribution is 2.38. The normalized spacial score (nSPS) is 14.9. The maximum atomic E-state index is 12.7. The van der Waals surface area contributed by atoms with Crippen molar-refractivity contribution in [1.82, 2.24) is 5.32 Å². The molecule has 0 rings (SSSR count). The summed E-state index contributed by atoms with van der Waals surface area (Å²) in [6.45, 7) is 4.59. The summed E-state index contributed by atoms with van der Waals surface area (Å²) in [5, 5.41) is 13.6. The van der Waals surface area contributed by atoms with E-state index in [1.165, 1.54) is 103 Å². The van der Waals surface area contributed by atoms with Crippen LogP contribution in [-0.2, 0) is 18.4 Å². The number of carbonyl (C=O) groups excluding carboxylic acids is 1. The summed E-state index contributed by atoms with van der Waals surface area (Å²) in [6.07, 6.45) is 29.7. The Morgan fingerprint density at radius 3 is 1.67 bits per heavy atom. The molecule has 1 unspecified atom stereocenters. The monoisotopic (exact) mass is 661 g/mol. The number of hydrogen-bond donors (Lipinski definition) is 2. The third-order valence-corrected chi connectivity index (χ3v) is 9.21. The van der Waals surface area contributed by atoms with Gasteiger partial charge in [0.05, 0.1) is 39.9 Å². The molecule has 0 saturated carbocycles. The maximum absolute atomic E-state index is 12.7. The summed E-state index contributed by atoms with van der Waals surface area (Å²) in [5.74, 6) is -0.204. The zero-order valence-electron chi connectivity index (χ0n) is 30.1. The lowest BCUT2D eigenvalue weighted by Gasteiger charge is -2.29. The molecule has 0 aromatic heterocycles. The Hall–Kier alpha value is -0.760. The fraction of sp³-hybridized carbons (Fsp3) is 0.917. The van der Waals surface area contributed by atoms with Gasteiger partial charge in [-0.15, -0.1) is 0 Å². The highest BCUT2D eigenvalue weighted by Gasteiger charge is 2.23. The minimum Gasteiger partial charge on any atom is -0.756 e. The number of phosphoric ester groups is 1. The number of aliphatic hydroxyl groups excluding tert-OH is 1. The Labute approximate surface area is 278 Å². The summed E-state index contributed by atoms with van der Waals surface area (Å²) in [5.41, 5.74) is 0. The van der Waals surface area contributed by atoms with Crippen LogP contribution >= 0.6 is 7.82 Å². The number of allylic oxidation sites excluding steroid dienone is 1. The number of unbranched alkanes of at least 4 members (excludes halogenated alkanes) is 20. The van der Waals surface area contributed by atoms with Crippen LogP contribution in [0.25, 0.3) is 0 Å². The predicted octanol–water partition coefficient (Wildman–Crippen LogP) is 8.61. The number of hydrogen-bond acceptors (Lipinski definition) is 6. The number of quaternary nitrogens is 1. The Kier molecular flexibility index (Phi) is 28.9. The number of phosphoric acid groups is 1. The third kappa shape index (κ3) is 31.6. The largest absolute Gasteiger partial charge is 0.756 e. The molecular weight excluding hydrogens is 587 g/mol. The summed E-state index contributed by atoms with van der Waals surface area (Å²) in [7, 11) is 1.26. The van der Waals surface area contributed by atoms with Gasteiger partial charge in [0.15, 0.2) is 0 Å². The second kappa shape index (κ2) is 29.4. The van der Waals surface area contributed by atoms with Crippen molar-refractivity contribution < 1.29 is 32.9 Å². The van der Waals surface area contributed by atoms with Crippen LogP contribution in [0.1, 0.15) is 162 Å². The molecule has 0 aliphatic carbocycles. The van der Waals surface area contributed by atoms with Crippen LogP contribution in [0.4, 0.5) is 0 Å². The SMILES string of the molecule is CCCCCCCCCCCCCCC/C=C/[C@@H](O)[C@H](COP(=O)([O-])OCC[N+](C)(C)C)NC(=O)CCCCCCCCCC. The van der Waals surface area contributed by atoms with Gasteiger partial charge in [0.25, 0.3) is 7.82 Å². The van der Waals surface area contributed by atoms with Crippen molar-refractivity contribution >= 4 is 13.7 Å². The Bertz CT molecular complexity index is 758. The zero-order chi connectivity index (χ0) is 33.7. The second-order valence-corrected chi connectivity index (χ2v) is 15.3. The van der Waals surface area contributed by atoms with E-state index in [9.17, 15) is 19.4 Å². The number of carbonyl (C=O) groups is 1. The van der Waals surface area contributed by atoms with Gasteiger partial charge in [-0.25, -0.2) is 0 Å². The summed E-state index contributed by atoms with van der Waals surface area (Å²) in [4.78, 5) is 25.0. The minimum atomic E-state index is -4.57. The van der Waals surface area contributed by atoms with Crippen molar-refractivity contribution in [2.75, 3.05) is 40.9 Å². The fourth-order valence-corrected chi connectivity index (χ4v) is 5.93. The lowest BCUT2D eigenvalue weighted by Crippen LogP contribution is -2.45. The van der Waals surface area contributed by atoms with E-state index in [-0.39, 0.29) is 19.1 Å². The molecule has 0 radical (unpaired) electrons. The number of rotatable bonds is 33. The fourth-order valence-electron chi connectivity index (χ4n) is 5.21. The van der Waals surface area contributed by atoms with Crippen molar-refractivity contribution in [2.45, 2.75) is 174 Å². The van der Waals surface area contributed by atoms with E-state index in [0.29, 0.717) is 17.4 Å². The van der Waals surface area contributed by atoms with Crippen LogP contribution in [0.2, 0.25) is 0 Å². The molecule has 8 nitrogen and oxygen atoms in total. The van der Waals surface area contributed by atoms with Crippen LogP contribution in [-0.4, -0.2) is 68.5 Å². The van der Waals surface area contributed by atoms with Crippen molar-refractivity contribution in [2.24, 2.45) is 0 Å². The van der Waals surface area contributed by atoms with Crippen molar-refractivity contribution in [3.05, 3.63) is 12.2 Å². The lowest BCUT2D eigenvalue weighted by molar-refractivity contribution is -0.870. The van der Waals surface area contributed by atoms with E-state index in [2.05, 4.69) is 19.2 Å². The molecule has 1 amide bonds. The first-order chi connectivity index (χ1) is 21.5. The molecule has 9 heteroatoms. The molecule has 0 bridgehead atoms. The van der Waals surface area contributed by atoms with Crippen LogP contribution in [0, 0.1) is 0 Å². The average Bonchev–Trinajstić information content (AvgIpc) is 2.97. The summed E-state index contributed by atoms with van der Waals surface area (Å²) < 4.78 is 23.0. The smallest absolute Gasteiger partial charge is 0.268 e. The highest BCUT2D eigenvalue weighted by atomic mass is 31.2. The number of nitrogens with zero attached hydrogens (tertiary/aromatic N) is 1. The maximum Gasteiger partial charge on any atom is 0.268 e. The number of amides is 1. The van der Waals surface area contributed by atoms with Crippen LogP contribution in [0.15, 0.2) is 12.2 Å². The van der Waals surface area contributed by atoms with Gasteiger partial charge in [-0.05, 0) is 19.3 Å². The molecule has 0 aromatic carbocycles. The molecule has 0 heterocycles. The molecule has 0 aliphatic rings. The molecule has 3 atom stereocenters. The van der Waals surface area contributed by atoms with Crippen molar-refractivity contribution in [3.8, 4) is 0 Å². The van der Waals surface area contributed by atoms with Crippen molar-refractivity contribution in [1.29, 1.82) is 0 Å². The Morgan fingerprint density at radius 1 is 0.756 bits per heavy atom. The molecular formula is C36H73N2O6P. The van der Waals surface area contributed by atoms with E-state index in [1.54, 1.807) is 6.08 Å². The molecule has 45 heavy (non-hydrogen) atoms. The third-order valence-electron chi connectivity index (χ3n) is 8.25. The lowest BCUT2D eigenvalue weighted by atomic mass is 10.0. The molecule has 0 spiro atoms. The Morgan fingerprint density at radius 2 is 1.20 bits per heavy atom. The number of likely N-dealkylation sites (N-methyl/N-ethyl adjacent to an activating group) is 1.